The standard InChI is InChI=1S/C19H23FO4/c1-4-23-17-9-7-6-8-15(17)16-11-10-14(13(3)18(21)22)12-19(16,20)24-5-2/h6-13,16H,4-5H2,1-3H3,(H,21,22). The molecule has 5 heteroatoms. The zero-order chi connectivity index (χ0) is 17.7. The summed E-state index contributed by atoms with van der Waals surface area (Å²) in [4.78, 5) is 11.2. The lowest BCUT2D eigenvalue weighted by atomic mass is 9.82. The van der Waals surface area contributed by atoms with Gasteiger partial charge in [-0.3, -0.25) is 4.79 Å². The maximum Gasteiger partial charge on any atom is 0.310 e. The quantitative estimate of drug-likeness (QED) is 0.816. The Labute approximate surface area is 141 Å². The molecule has 0 fully saturated rings. The maximum absolute atomic E-state index is 15.6. The fourth-order valence-electron chi connectivity index (χ4n) is 2.81. The number of alkyl halides is 1. The minimum absolute atomic E-state index is 0.170. The van der Waals surface area contributed by atoms with Gasteiger partial charge in [0.1, 0.15) is 5.75 Å². The molecule has 3 atom stereocenters. The van der Waals surface area contributed by atoms with Gasteiger partial charge in [0, 0.05) is 12.2 Å². The van der Waals surface area contributed by atoms with Crippen molar-refractivity contribution in [2.75, 3.05) is 13.2 Å². The molecule has 0 bridgehead atoms. The molecule has 130 valence electrons. The van der Waals surface area contributed by atoms with Gasteiger partial charge in [0.25, 0.3) is 0 Å². The highest BCUT2D eigenvalue weighted by Gasteiger charge is 2.42. The summed E-state index contributed by atoms with van der Waals surface area (Å²) in [7, 11) is 0. The third kappa shape index (κ3) is 3.67. The van der Waals surface area contributed by atoms with Gasteiger partial charge in [-0.25, -0.2) is 4.39 Å². The van der Waals surface area contributed by atoms with E-state index in [0.29, 0.717) is 23.5 Å². The first kappa shape index (κ1) is 18.2. The van der Waals surface area contributed by atoms with Crippen LogP contribution >= 0.6 is 0 Å². The molecule has 0 aliphatic heterocycles. The third-order valence-corrected chi connectivity index (χ3v) is 4.06. The van der Waals surface area contributed by atoms with Gasteiger partial charge in [0.2, 0.25) is 5.85 Å². The van der Waals surface area contributed by atoms with E-state index < -0.39 is 23.7 Å². The number of carbonyl (C=O) groups is 1. The number of rotatable bonds is 7. The molecule has 1 aromatic rings. The molecule has 1 aromatic carbocycles. The lowest BCUT2D eigenvalue weighted by molar-refractivity contribution is -0.140. The Bertz CT molecular complexity index is 653. The number of para-hydroxylation sites is 1. The van der Waals surface area contributed by atoms with Gasteiger partial charge in [-0.1, -0.05) is 30.4 Å². The first-order valence-corrected chi connectivity index (χ1v) is 8.11. The molecule has 3 unspecified atom stereocenters. The Kier molecular flexibility index (Phi) is 5.78. The van der Waals surface area contributed by atoms with Gasteiger partial charge in [0.15, 0.2) is 0 Å². The van der Waals surface area contributed by atoms with Crippen LogP contribution in [0.5, 0.6) is 5.75 Å². The Morgan fingerprint density at radius 3 is 2.67 bits per heavy atom. The highest BCUT2D eigenvalue weighted by atomic mass is 19.2. The predicted molar refractivity (Wildman–Crippen MR) is 89.8 cm³/mol. The van der Waals surface area contributed by atoms with Gasteiger partial charge in [-0.2, -0.15) is 0 Å². The summed E-state index contributed by atoms with van der Waals surface area (Å²) in [6.45, 7) is 5.74. The average molecular weight is 334 g/mol. The van der Waals surface area contributed by atoms with Crippen molar-refractivity contribution in [3.63, 3.8) is 0 Å². The summed E-state index contributed by atoms with van der Waals surface area (Å²) in [5, 5.41) is 9.17. The zero-order valence-electron chi connectivity index (χ0n) is 14.2. The third-order valence-electron chi connectivity index (χ3n) is 4.06. The summed E-state index contributed by atoms with van der Waals surface area (Å²) < 4.78 is 26.6. The van der Waals surface area contributed by atoms with Gasteiger partial charge in [-0.15, -0.1) is 0 Å². The van der Waals surface area contributed by atoms with Crippen molar-refractivity contribution in [1.82, 2.24) is 0 Å². The van der Waals surface area contributed by atoms with Crippen molar-refractivity contribution in [2.45, 2.75) is 32.5 Å². The molecule has 0 radical (unpaired) electrons. The van der Waals surface area contributed by atoms with Gasteiger partial charge < -0.3 is 14.6 Å². The van der Waals surface area contributed by atoms with Gasteiger partial charge in [0.05, 0.1) is 18.4 Å². The van der Waals surface area contributed by atoms with E-state index in [0.717, 1.165) is 0 Å². The molecule has 2 rings (SSSR count). The second-order valence-corrected chi connectivity index (χ2v) is 5.64. The van der Waals surface area contributed by atoms with Crippen LogP contribution in [0.15, 0.2) is 48.1 Å². The summed E-state index contributed by atoms with van der Waals surface area (Å²) in [5.74, 6) is -4.03. The average Bonchev–Trinajstić information content (AvgIpc) is 2.55. The van der Waals surface area contributed by atoms with Crippen LogP contribution < -0.4 is 4.74 Å². The molecule has 1 aliphatic carbocycles. The van der Waals surface area contributed by atoms with Crippen LogP contribution in [0.2, 0.25) is 0 Å². The molecule has 0 aromatic heterocycles. The van der Waals surface area contributed by atoms with Crippen LogP contribution in [0.25, 0.3) is 0 Å². The van der Waals surface area contributed by atoms with Gasteiger partial charge in [-0.05, 0) is 38.5 Å². The molecular formula is C19H23FO4. The van der Waals surface area contributed by atoms with Gasteiger partial charge >= 0.3 is 5.97 Å². The van der Waals surface area contributed by atoms with Crippen LogP contribution in [0.1, 0.15) is 32.3 Å². The fraction of sp³-hybridized carbons (Fsp3) is 0.421. The molecule has 0 saturated carbocycles. The number of allylic oxidation sites excluding steroid dienone is 1. The summed E-state index contributed by atoms with van der Waals surface area (Å²) in [6, 6.07) is 7.23. The van der Waals surface area contributed by atoms with Crippen LogP contribution in [0.3, 0.4) is 0 Å². The lowest BCUT2D eigenvalue weighted by Crippen LogP contribution is -2.35. The summed E-state index contributed by atoms with van der Waals surface area (Å²) in [6.07, 6.45) is 4.59. The topological polar surface area (TPSA) is 55.8 Å². The number of ether oxygens (including phenoxy) is 2. The Morgan fingerprint density at radius 1 is 1.33 bits per heavy atom. The molecule has 0 spiro atoms. The summed E-state index contributed by atoms with van der Waals surface area (Å²) >= 11 is 0. The Hall–Kier alpha value is -2.14. The van der Waals surface area contributed by atoms with E-state index in [-0.39, 0.29) is 6.61 Å². The van der Waals surface area contributed by atoms with Crippen LogP contribution in [0.4, 0.5) is 4.39 Å². The Balaban J connectivity index is 2.45. The molecule has 0 saturated heterocycles. The molecule has 4 nitrogen and oxygen atoms in total. The van der Waals surface area contributed by atoms with Crippen molar-refractivity contribution in [3.8, 4) is 5.75 Å². The second-order valence-electron chi connectivity index (χ2n) is 5.64. The highest BCUT2D eigenvalue weighted by Crippen LogP contribution is 2.43. The molecular weight excluding hydrogens is 311 g/mol. The number of aliphatic carboxylic acids is 1. The first-order valence-electron chi connectivity index (χ1n) is 8.11. The number of carboxylic acids is 1. The number of carboxylic acid groups (broad SMARTS) is 1. The van der Waals surface area contributed by atoms with Crippen LogP contribution in [-0.4, -0.2) is 30.1 Å². The Morgan fingerprint density at radius 2 is 2.04 bits per heavy atom. The lowest BCUT2D eigenvalue weighted by Gasteiger charge is -2.34. The fourth-order valence-corrected chi connectivity index (χ4v) is 2.81. The maximum atomic E-state index is 15.6. The normalized spacial score (nSPS) is 24.3. The first-order chi connectivity index (χ1) is 11.4. The smallest absolute Gasteiger partial charge is 0.310 e. The number of hydrogen-bond donors (Lipinski definition) is 1. The van der Waals surface area contributed by atoms with Crippen molar-refractivity contribution < 1.29 is 23.8 Å². The molecule has 1 N–H and O–H groups in total. The predicted octanol–water partition coefficient (Wildman–Crippen LogP) is 4.09. The molecule has 1 aliphatic rings. The van der Waals surface area contributed by atoms with E-state index in [1.54, 1.807) is 31.2 Å². The molecule has 24 heavy (non-hydrogen) atoms. The minimum atomic E-state index is -2.12. The largest absolute Gasteiger partial charge is 0.494 e. The number of benzene rings is 1. The van der Waals surface area contributed by atoms with Crippen LogP contribution in [0, 0.1) is 5.92 Å². The van der Waals surface area contributed by atoms with Crippen molar-refractivity contribution in [1.29, 1.82) is 0 Å². The van der Waals surface area contributed by atoms with Crippen molar-refractivity contribution in [3.05, 3.63) is 53.6 Å². The van der Waals surface area contributed by atoms with E-state index >= 15 is 4.39 Å². The van der Waals surface area contributed by atoms with E-state index in [4.69, 9.17) is 9.47 Å². The van der Waals surface area contributed by atoms with E-state index in [2.05, 4.69) is 0 Å². The second kappa shape index (κ2) is 7.62. The monoisotopic (exact) mass is 334 g/mol. The molecule has 0 heterocycles. The highest BCUT2D eigenvalue weighted by molar-refractivity contribution is 5.74. The van der Waals surface area contributed by atoms with E-state index in [9.17, 15) is 9.90 Å². The zero-order valence-corrected chi connectivity index (χ0v) is 14.2. The van der Waals surface area contributed by atoms with E-state index in [1.807, 2.05) is 19.1 Å². The molecule has 0 amide bonds. The van der Waals surface area contributed by atoms with Crippen molar-refractivity contribution in [2.24, 2.45) is 5.92 Å². The van der Waals surface area contributed by atoms with Crippen LogP contribution in [-0.2, 0) is 9.53 Å². The number of halogens is 1. The number of hydrogen-bond acceptors (Lipinski definition) is 3. The SMILES string of the molecule is CCOc1ccccc1C1C=CC(C(C)C(=O)O)=CC1(F)OCC. The minimum Gasteiger partial charge on any atom is -0.494 e. The van der Waals surface area contributed by atoms with Crippen molar-refractivity contribution >= 4 is 5.97 Å². The van der Waals surface area contributed by atoms with E-state index in [1.165, 1.54) is 13.0 Å². The summed E-state index contributed by atoms with van der Waals surface area (Å²) in [5.41, 5.74) is 1.06.